The molecule has 1 aromatic heterocycles. The Labute approximate surface area is 101 Å². The van der Waals surface area contributed by atoms with E-state index >= 15 is 0 Å². The first kappa shape index (κ1) is 13.4. The van der Waals surface area contributed by atoms with Crippen LogP contribution in [0.15, 0.2) is 24.4 Å². The zero-order valence-electron chi connectivity index (χ0n) is 8.89. The number of aromatic nitrogens is 1. The smallest absolute Gasteiger partial charge is 0.211 e. The summed E-state index contributed by atoms with van der Waals surface area (Å²) in [6, 6.07) is 5.57. The third-order valence-electron chi connectivity index (χ3n) is 1.98. The maximum atomic E-state index is 11.4. The number of hydrogen-bond donors (Lipinski definition) is 1. The predicted molar refractivity (Wildman–Crippen MR) is 65.1 cm³/mol. The zero-order valence-corrected chi connectivity index (χ0v) is 10.5. The second-order valence-corrected chi connectivity index (χ2v) is 5.63. The molecular formula is C10H15ClN2O2S. The molecule has 0 spiro atoms. The predicted octanol–water partition coefficient (Wildman–Crippen LogP) is 1.17. The molecule has 90 valence electrons. The largest absolute Gasteiger partial charge is 0.261 e. The van der Waals surface area contributed by atoms with Crippen LogP contribution in [-0.4, -0.2) is 31.6 Å². The molecule has 0 unspecified atom stereocenters. The Hall–Kier alpha value is -0.650. The number of pyridine rings is 1. The van der Waals surface area contributed by atoms with Gasteiger partial charge in [-0.25, -0.2) is 13.1 Å². The molecule has 0 saturated heterocycles. The fourth-order valence-electron chi connectivity index (χ4n) is 1.20. The molecule has 0 aliphatic rings. The lowest BCUT2D eigenvalue weighted by atomic mass is 10.3. The van der Waals surface area contributed by atoms with E-state index in [-0.39, 0.29) is 5.75 Å². The van der Waals surface area contributed by atoms with Crippen molar-refractivity contribution in [3.63, 3.8) is 0 Å². The Bertz CT molecular complexity index is 395. The Kier molecular flexibility index (Phi) is 5.73. The van der Waals surface area contributed by atoms with Gasteiger partial charge in [-0.2, -0.15) is 0 Å². The Morgan fingerprint density at radius 3 is 2.81 bits per heavy atom. The molecule has 16 heavy (non-hydrogen) atoms. The Balaban J connectivity index is 2.30. The Morgan fingerprint density at radius 1 is 1.38 bits per heavy atom. The number of sulfonamides is 1. The molecule has 0 atom stereocenters. The van der Waals surface area contributed by atoms with E-state index in [4.69, 9.17) is 11.6 Å². The van der Waals surface area contributed by atoms with Crippen LogP contribution >= 0.6 is 11.6 Å². The second-order valence-electron chi connectivity index (χ2n) is 3.33. The van der Waals surface area contributed by atoms with Gasteiger partial charge in [-0.1, -0.05) is 6.07 Å². The second kappa shape index (κ2) is 6.83. The van der Waals surface area contributed by atoms with E-state index in [1.165, 1.54) is 0 Å². The van der Waals surface area contributed by atoms with Crippen LogP contribution in [0.25, 0.3) is 0 Å². The van der Waals surface area contributed by atoms with Crippen LogP contribution in [0, 0.1) is 0 Å². The van der Waals surface area contributed by atoms with Gasteiger partial charge >= 0.3 is 0 Å². The first-order valence-corrected chi connectivity index (χ1v) is 7.26. The van der Waals surface area contributed by atoms with E-state index in [0.717, 1.165) is 5.69 Å². The van der Waals surface area contributed by atoms with E-state index in [2.05, 4.69) is 9.71 Å². The topological polar surface area (TPSA) is 59.1 Å². The number of hydrogen-bond acceptors (Lipinski definition) is 3. The normalized spacial score (nSPS) is 11.6. The van der Waals surface area contributed by atoms with Crippen LogP contribution in [0.2, 0.25) is 0 Å². The summed E-state index contributed by atoms with van der Waals surface area (Å²) >= 11 is 5.44. The van der Waals surface area contributed by atoms with Crippen molar-refractivity contribution in [1.82, 2.24) is 9.71 Å². The van der Waals surface area contributed by atoms with Gasteiger partial charge < -0.3 is 0 Å². The molecule has 0 amide bonds. The maximum absolute atomic E-state index is 11.4. The van der Waals surface area contributed by atoms with Crippen LogP contribution < -0.4 is 4.72 Å². The molecule has 0 aliphatic carbocycles. The molecule has 0 fully saturated rings. The van der Waals surface area contributed by atoms with Crippen LogP contribution in [-0.2, 0) is 16.4 Å². The minimum absolute atomic E-state index is 0.0821. The molecule has 4 nitrogen and oxygen atoms in total. The van der Waals surface area contributed by atoms with Gasteiger partial charge in [0.15, 0.2) is 0 Å². The fraction of sp³-hybridized carbons (Fsp3) is 0.500. The van der Waals surface area contributed by atoms with Crippen LogP contribution in [0.4, 0.5) is 0 Å². The van der Waals surface area contributed by atoms with Crippen molar-refractivity contribution < 1.29 is 8.42 Å². The summed E-state index contributed by atoms with van der Waals surface area (Å²) in [5.74, 6) is 0.444. The summed E-state index contributed by atoms with van der Waals surface area (Å²) < 4.78 is 25.3. The lowest BCUT2D eigenvalue weighted by molar-refractivity contribution is 0.580. The summed E-state index contributed by atoms with van der Waals surface area (Å²) in [6.45, 7) is 0.377. The lowest BCUT2D eigenvalue weighted by Crippen LogP contribution is -2.28. The summed E-state index contributed by atoms with van der Waals surface area (Å²) in [4.78, 5) is 4.10. The van der Waals surface area contributed by atoms with Crippen LogP contribution in [0.3, 0.4) is 0 Å². The fourth-order valence-corrected chi connectivity index (χ4v) is 2.57. The van der Waals surface area contributed by atoms with E-state index < -0.39 is 10.0 Å². The van der Waals surface area contributed by atoms with Crippen molar-refractivity contribution in [3.05, 3.63) is 30.1 Å². The van der Waals surface area contributed by atoms with Gasteiger partial charge in [0.25, 0.3) is 0 Å². The highest BCUT2D eigenvalue weighted by Gasteiger charge is 2.08. The highest BCUT2D eigenvalue weighted by atomic mass is 35.5. The maximum Gasteiger partial charge on any atom is 0.211 e. The van der Waals surface area contributed by atoms with Crippen LogP contribution in [0.1, 0.15) is 12.1 Å². The highest BCUT2D eigenvalue weighted by Crippen LogP contribution is 1.95. The first-order chi connectivity index (χ1) is 7.64. The lowest BCUT2D eigenvalue weighted by Gasteiger charge is -2.05. The molecule has 0 radical (unpaired) electrons. The van der Waals surface area contributed by atoms with Crippen molar-refractivity contribution in [2.75, 3.05) is 18.2 Å². The van der Waals surface area contributed by atoms with E-state index in [0.29, 0.717) is 25.3 Å². The number of nitrogens with zero attached hydrogens (tertiary/aromatic N) is 1. The third kappa shape index (κ3) is 5.44. The third-order valence-corrected chi connectivity index (χ3v) is 3.71. The van der Waals surface area contributed by atoms with Gasteiger partial charge in [0, 0.05) is 30.7 Å². The minimum Gasteiger partial charge on any atom is -0.261 e. The van der Waals surface area contributed by atoms with Gasteiger partial charge in [0.05, 0.1) is 5.75 Å². The van der Waals surface area contributed by atoms with E-state index in [9.17, 15) is 8.42 Å². The molecule has 0 aliphatic heterocycles. The molecule has 6 heteroatoms. The molecular weight excluding hydrogens is 248 g/mol. The molecule has 1 heterocycles. The van der Waals surface area contributed by atoms with E-state index in [1.807, 2.05) is 18.2 Å². The van der Waals surface area contributed by atoms with Gasteiger partial charge in [0.1, 0.15) is 0 Å². The first-order valence-electron chi connectivity index (χ1n) is 5.07. The van der Waals surface area contributed by atoms with Gasteiger partial charge in [-0.3, -0.25) is 4.98 Å². The minimum atomic E-state index is -3.18. The number of alkyl halides is 1. The quantitative estimate of drug-likeness (QED) is 0.751. The molecule has 0 saturated carbocycles. The molecule has 1 N–H and O–H groups in total. The monoisotopic (exact) mass is 262 g/mol. The van der Waals surface area contributed by atoms with Crippen molar-refractivity contribution in [2.24, 2.45) is 0 Å². The summed E-state index contributed by atoms with van der Waals surface area (Å²) in [7, 11) is -3.18. The van der Waals surface area contributed by atoms with Gasteiger partial charge in [0.2, 0.25) is 10.0 Å². The SMILES string of the molecule is O=S(=O)(CCCCl)NCCc1ccccn1. The van der Waals surface area contributed by atoms with Crippen molar-refractivity contribution in [3.8, 4) is 0 Å². The molecule has 0 bridgehead atoms. The van der Waals surface area contributed by atoms with E-state index in [1.54, 1.807) is 6.20 Å². The van der Waals surface area contributed by atoms with Crippen molar-refractivity contribution in [1.29, 1.82) is 0 Å². The standard InChI is InChI=1S/C10H15ClN2O2S/c11-6-3-9-16(14,15)13-8-5-10-4-1-2-7-12-10/h1-2,4,7,13H,3,5-6,8-9H2. The molecule has 1 aromatic rings. The average molecular weight is 263 g/mol. The van der Waals surface area contributed by atoms with Crippen molar-refractivity contribution >= 4 is 21.6 Å². The molecule has 1 rings (SSSR count). The summed E-state index contributed by atoms with van der Waals surface area (Å²) in [6.07, 6.45) is 2.76. The van der Waals surface area contributed by atoms with Gasteiger partial charge in [-0.15, -0.1) is 11.6 Å². The summed E-state index contributed by atoms with van der Waals surface area (Å²) in [5, 5.41) is 0. The zero-order chi connectivity index (χ0) is 11.9. The average Bonchev–Trinajstić information content (AvgIpc) is 2.28. The van der Waals surface area contributed by atoms with Crippen LogP contribution in [0.5, 0.6) is 0 Å². The Morgan fingerprint density at radius 2 is 2.19 bits per heavy atom. The number of halogens is 1. The summed E-state index contributed by atoms with van der Waals surface area (Å²) in [5.41, 5.74) is 0.877. The number of nitrogens with one attached hydrogen (secondary N) is 1. The molecule has 0 aromatic carbocycles. The van der Waals surface area contributed by atoms with Crippen molar-refractivity contribution in [2.45, 2.75) is 12.8 Å². The van der Waals surface area contributed by atoms with Gasteiger partial charge in [-0.05, 0) is 18.6 Å². The number of rotatable bonds is 7. The highest BCUT2D eigenvalue weighted by molar-refractivity contribution is 7.89.